The number of hydrogen-bond acceptors (Lipinski definition) is 1. The van der Waals surface area contributed by atoms with E-state index in [0.717, 1.165) is 0 Å². The van der Waals surface area contributed by atoms with Gasteiger partial charge in [-0.25, -0.2) is 0 Å². The summed E-state index contributed by atoms with van der Waals surface area (Å²) in [7, 11) is -0.326. The molecule has 1 N–H and O–H groups in total. The highest BCUT2D eigenvalue weighted by atomic mass is 31.1. The van der Waals surface area contributed by atoms with E-state index in [4.69, 9.17) is 0 Å². The molecule has 2 heteroatoms. The normalized spacial score (nSPS) is 14.7. The van der Waals surface area contributed by atoms with Crippen molar-refractivity contribution < 1.29 is 0 Å². The summed E-state index contributed by atoms with van der Waals surface area (Å²) >= 11 is 0. The maximum Gasteiger partial charge on any atom is 0.00989 e. The summed E-state index contributed by atoms with van der Waals surface area (Å²) in [4.78, 5) is 0. The molecule has 0 saturated heterocycles. The summed E-state index contributed by atoms with van der Waals surface area (Å²) < 4.78 is 0. The van der Waals surface area contributed by atoms with E-state index in [1.807, 2.05) is 0 Å². The molecule has 0 amide bonds. The number of hydrogen-bond donors (Lipinski definition) is 1. The lowest BCUT2D eigenvalue weighted by molar-refractivity contribution is 0.360. The molecule has 0 aromatic heterocycles. The van der Waals surface area contributed by atoms with Crippen LogP contribution in [0.1, 0.15) is 41.0 Å². The Morgan fingerprint density at radius 3 is 1.65 bits per heavy atom. The van der Waals surface area contributed by atoms with Crippen LogP contribution in [0.4, 0.5) is 0 Å². The van der Waals surface area contributed by atoms with E-state index in [0.29, 0.717) is 11.7 Å². The van der Waals surface area contributed by atoms with Crippen molar-refractivity contribution in [2.45, 2.75) is 58.3 Å². The van der Waals surface area contributed by atoms with Crippen molar-refractivity contribution in [3.8, 4) is 0 Å². The lowest BCUT2D eigenvalue weighted by Gasteiger charge is -2.31. The van der Waals surface area contributed by atoms with Gasteiger partial charge in [-0.3, -0.25) is 0 Å². The van der Waals surface area contributed by atoms with Gasteiger partial charge in [0.25, 0.3) is 0 Å². The number of rotatable bonds is 6. The molecule has 0 aliphatic heterocycles. The summed E-state index contributed by atoms with van der Waals surface area (Å²) in [5.41, 5.74) is 0.807. The molecule has 0 heterocycles. The fraction of sp³-hybridized carbons (Fsp3) is 0.429. The van der Waals surface area contributed by atoms with Crippen molar-refractivity contribution in [2.24, 2.45) is 0 Å². The maximum atomic E-state index is 3.72. The fourth-order valence-corrected chi connectivity index (χ4v) is 6.08. The molecule has 23 heavy (non-hydrogen) atoms. The van der Waals surface area contributed by atoms with Crippen molar-refractivity contribution in [3.63, 3.8) is 0 Å². The summed E-state index contributed by atoms with van der Waals surface area (Å²) in [6.07, 6.45) is 1.19. The van der Waals surface area contributed by atoms with Crippen LogP contribution >= 0.6 is 7.92 Å². The molecule has 2 atom stereocenters. The first-order valence-corrected chi connectivity index (χ1v) is 9.95. The van der Waals surface area contributed by atoms with Crippen LogP contribution in [-0.2, 0) is 0 Å². The monoisotopic (exact) mass is 327 g/mol. The van der Waals surface area contributed by atoms with Crippen LogP contribution in [0.25, 0.3) is 0 Å². The minimum absolute atomic E-state index is 0.168. The fourth-order valence-electron chi connectivity index (χ4n) is 3.25. The lowest BCUT2D eigenvalue weighted by Crippen LogP contribution is -2.43. The average Bonchev–Trinajstić information content (AvgIpc) is 2.47. The Morgan fingerprint density at radius 2 is 1.26 bits per heavy atom. The quantitative estimate of drug-likeness (QED) is 0.760. The van der Waals surface area contributed by atoms with Gasteiger partial charge in [0.2, 0.25) is 0 Å². The topological polar surface area (TPSA) is 12.0 Å². The van der Waals surface area contributed by atoms with E-state index >= 15 is 0 Å². The van der Waals surface area contributed by atoms with Gasteiger partial charge in [0.1, 0.15) is 0 Å². The minimum Gasteiger partial charge on any atom is -0.310 e. The third-order valence-corrected chi connectivity index (χ3v) is 6.68. The molecule has 2 aromatic carbocycles. The summed E-state index contributed by atoms with van der Waals surface area (Å²) in [6, 6.07) is 22.5. The summed E-state index contributed by atoms with van der Waals surface area (Å²) in [5.74, 6) is 0. The number of nitrogens with one attached hydrogen (secondary N) is 1. The van der Waals surface area contributed by atoms with Crippen LogP contribution in [0.15, 0.2) is 60.7 Å². The van der Waals surface area contributed by atoms with Crippen LogP contribution < -0.4 is 15.9 Å². The van der Waals surface area contributed by atoms with Crippen molar-refractivity contribution in [1.29, 1.82) is 0 Å². The van der Waals surface area contributed by atoms with E-state index in [9.17, 15) is 0 Å². The van der Waals surface area contributed by atoms with Gasteiger partial charge >= 0.3 is 0 Å². The second kappa shape index (κ2) is 8.08. The molecule has 2 aromatic rings. The van der Waals surface area contributed by atoms with E-state index in [-0.39, 0.29) is 13.5 Å². The molecule has 124 valence electrons. The zero-order valence-electron chi connectivity index (χ0n) is 15.1. The molecule has 0 aliphatic rings. The highest BCUT2D eigenvalue weighted by Crippen LogP contribution is 2.41. The van der Waals surface area contributed by atoms with E-state index < -0.39 is 0 Å². The van der Waals surface area contributed by atoms with Crippen molar-refractivity contribution >= 4 is 18.5 Å². The molecule has 0 radical (unpaired) electrons. The van der Waals surface area contributed by atoms with E-state index in [1.165, 1.54) is 17.0 Å². The first-order chi connectivity index (χ1) is 10.9. The molecule has 0 fully saturated rings. The van der Waals surface area contributed by atoms with Gasteiger partial charge in [0, 0.05) is 11.6 Å². The SMILES string of the molecule is C[C@@H](C[C@H](C)P(c1ccccc1)c1ccccc1)NC(C)(C)C. The minimum atomic E-state index is -0.326. The van der Waals surface area contributed by atoms with E-state index in [2.05, 4.69) is 101 Å². The van der Waals surface area contributed by atoms with E-state index in [1.54, 1.807) is 0 Å². The summed E-state index contributed by atoms with van der Waals surface area (Å²) in [6.45, 7) is 11.4. The van der Waals surface area contributed by atoms with Crippen LogP contribution in [0.3, 0.4) is 0 Å². The highest BCUT2D eigenvalue weighted by Gasteiger charge is 2.24. The molecule has 2 rings (SSSR count). The van der Waals surface area contributed by atoms with Crippen molar-refractivity contribution in [2.75, 3.05) is 0 Å². The van der Waals surface area contributed by atoms with Gasteiger partial charge in [-0.2, -0.15) is 0 Å². The highest BCUT2D eigenvalue weighted by molar-refractivity contribution is 7.73. The predicted octanol–water partition coefficient (Wildman–Crippen LogP) is 4.67. The Labute approximate surface area is 143 Å². The van der Waals surface area contributed by atoms with Crippen molar-refractivity contribution in [1.82, 2.24) is 5.32 Å². The largest absolute Gasteiger partial charge is 0.310 e. The van der Waals surface area contributed by atoms with Gasteiger partial charge < -0.3 is 5.32 Å². The number of benzene rings is 2. The third-order valence-electron chi connectivity index (χ3n) is 3.88. The standard InChI is InChI=1S/C21H30NP/c1-17(22-21(3,4)5)16-18(2)23(19-12-8-6-9-13-19)20-14-10-7-11-15-20/h6-15,17-18,22H,16H2,1-5H3/t17-,18-/m0/s1. The molecule has 0 saturated carbocycles. The van der Waals surface area contributed by atoms with Crippen LogP contribution in [0, 0.1) is 0 Å². The predicted molar refractivity (Wildman–Crippen MR) is 106 cm³/mol. The van der Waals surface area contributed by atoms with Crippen LogP contribution in [0.2, 0.25) is 0 Å². The molecular weight excluding hydrogens is 297 g/mol. The molecule has 0 unspecified atom stereocenters. The zero-order chi connectivity index (χ0) is 16.9. The second-order valence-electron chi connectivity index (χ2n) is 7.42. The van der Waals surface area contributed by atoms with Crippen LogP contribution in [0.5, 0.6) is 0 Å². The average molecular weight is 327 g/mol. The Hall–Kier alpha value is -1.17. The third kappa shape index (κ3) is 5.75. The van der Waals surface area contributed by atoms with Crippen molar-refractivity contribution in [3.05, 3.63) is 60.7 Å². The lowest BCUT2D eigenvalue weighted by atomic mass is 10.1. The van der Waals surface area contributed by atoms with Gasteiger partial charge in [-0.05, 0) is 58.3 Å². The molecule has 0 bridgehead atoms. The van der Waals surface area contributed by atoms with Gasteiger partial charge in [0.05, 0.1) is 0 Å². The first kappa shape index (κ1) is 18.2. The van der Waals surface area contributed by atoms with Gasteiger partial charge in [0.15, 0.2) is 0 Å². The Bertz CT molecular complexity index is 534. The molecule has 0 spiro atoms. The first-order valence-electron chi connectivity index (χ1n) is 8.54. The Morgan fingerprint density at radius 1 is 0.826 bits per heavy atom. The molecule has 1 nitrogen and oxygen atoms in total. The molecule has 0 aliphatic carbocycles. The smallest absolute Gasteiger partial charge is 0.00989 e. The Kier molecular flexibility index (Phi) is 6.39. The van der Waals surface area contributed by atoms with Crippen LogP contribution in [-0.4, -0.2) is 17.2 Å². The van der Waals surface area contributed by atoms with Gasteiger partial charge in [-0.15, -0.1) is 0 Å². The summed E-state index contributed by atoms with van der Waals surface area (Å²) in [5, 5.41) is 6.67. The van der Waals surface area contributed by atoms with Gasteiger partial charge in [-0.1, -0.05) is 67.6 Å². The Balaban J connectivity index is 2.21. The second-order valence-corrected chi connectivity index (χ2v) is 10.1. The maximum absolute atomic E-state index is 3.72. The molecular formula is C21H30NP. The zero-order valence-corrected chi connectivity index (χ0v) is 16.0.